The van der Waals surface area contributed by atoms with Crippen LogP contribution in [0.4, 0.5) is 0 Å². The highest BCUT2D eigenvalue weighted by molar-refractivity contribution is 6.36. The zero-order valence-corrected chi connectivity index (χ0v) is 14.4. The van der Waals surface area contributed by atoms with Crippen LogP contribution in [-0.2, 0) is 9.47 Å². The predicted molar refractivity (Wildman–Crippen MR) is 86.7 cm³/mol. The summed E-state index contributed by atoms with van der Waals surface area (Å²) in [6.07, 6.45) is 15.2. The van der Waals surface area contributed by atoms with Crippen molar-refractivity contribution in [3.05, 3.63) is 0 Å². The van der Waals surface area contributed by atoms with Gasteiger partial charge in [-0.1, -0.05) is 44.6 Å². The van der Waals surface area contributed by atoms with Gasteiger partial charge in [-0.15, -0.1) is 0 Å². The summed E-state index contributed by atoms with van der Waals surface area (Å²) in [5.74, 6) is 0.160. The van der Waals surface area contributed by atoms with Crippen LogP contribution in [0.25, 0.3) is 0 Å². The largest absolute Gasteiger partial charge is 0.354 e. The third-order valence-electron chi connectivity index (χ3n) is 4.69. The lowest BCUT2D eigenvalue weighted by atomic mass is 9.98. The van der Waals surface area contributed by atoms with E-state index in [0.717, 1.165) is 13.0 Å². The second kappa shape index (κ2) is 9.93. The Bertz CT molecular complexity index is 221. The smallest absolute Gasteiger partial charge is 0.135 e. The maximum Gasteiger partial charge on any atom is 0.135 e. The van der Waals surface area contributed by atoms with Crippen molar-refractivity contribution >= 4 is 9.52 Å². The van der Waals surface area contributed by atoms with Crippen molar-refractivity contribution in [3.8, 4) is 0 Å². The van der Waals surface area contributed by atoms with Crippen LogP contribution in [0.15, 0.2) is 0 Å². The lowest BCUT2D eigenvalue weighted by Crippen LogP contribution is -2.35. The van der Waals surface area contributed by atoms with Crippen molar-refractivity contribution < 1.29 is 9.47 Å². The molecule has 3 nitrogen and oxygen atoms in total. The molecule has 20 heavy (non-hydrogen) atoms. The molecule has 0 spiro atoms. The Balaban J connectivity index is 1.75. The summed E-state index contributed by atoms with van der Waals surface area (Å²) in [6, 6.07) is 1.26. The summed E-state index contributed by atoms with van der Waals surface area (Å²) in [6.45, 7) is 0.812. The van der Waals surface area contributed by atoms with E-state index < -0.39 is 0 Å². The van der Waals surface area contributed by atoms with Gasteiger partial charge in [-0.25, -0.2) is 0 Å². The molecule has 0 saturated heterocycles. The predicted octanol–water partition coefficient (Wildman–Crippen LogP) is 2.90. The first-order chi connectivity index (χ1) is 9.88. The molecule has 0 aromatic heterocycles. The highest BCUT2D eigenvalue weighted by atomic mass is 28.2. The van der Waals surface area contributed by atoms with Crippen LogP contribution < -0.4 is 5.73 Å². The quantitative estimate of drug-likeness (QED) is 0.426. The fraction of sp³-hybridized carbons (Fsp3) is 1.00. The molecule has 0 aliphatic heterocycles. The highest BCUT2D eigenvalue weighted by Gasteiger charge is 2.23. The molecule has 2 N–H and O–H groups in total. The van der Waals surface area contributed by atoms with Gasteiger partial charge in [0.25, 0.3) is 0 Å². The van der Waals surface area contributed by atoms with E-state index in [4.69, 9.17) is 15.2 Å². The monoisotopic (exact) mass is 299 g/mol. The Kier molecular flexibility index (Phi) is 8.18. The molecular formula is C16H33NO2Si. The number of hydrogen-bond donors (Lipinski definition) is 1. The normalized spacial score (nSPS) is 23.1. The van der Waals surface area contributed by atoms with Gasteiger partial charge in [-0.2, -0.15) is 0 Å². The second-order valence-corrected chi connectivity index (χ2v) is 8.46. The van der Waals surface area contributed by atoms with E-state index in [1.54, 1.807) is 0 Å². The number of rotatable bonds is 8. The maximum atomic E-state index is 6.34. The van der Waals surface area contributed by atoms with Crippen LogP contribution in [0.3, 0.4) is 0 Å². The molecule has 2 aliphatic rings. The van der Waals surface area contributed by atoms with Gasteiger partial charge in [0.2, 0.25) is 0 Å². The first kappa shape index (κ1) is 16.5. The van der Waals surface area contributed by atoms with Gasteiger partial charge in [0.05, 0.1) is 21.7 Å². The van der Waals surface area contributed by atoms with Gasteiger partial charge in [-0.05, 0) is 38.6 Å². The van der Waals surface area contributed by atoms with Gasteiger partial charge >= 0.3 is 0 Å². The zero-order chi connectivity index (χ0) is 14.0. The molecular weight excluding hydrogens is 266 g/mol. The molecule has 0 bridgehead atoms. The van der Waals surface area contributed by atoms with Crippen LogP contribution in [0.5, 0.6) is 0 Å². The van der Waals surface area contributed by atoms with E-state index in [9.17, 15) is 0 Å². The van der Waals surface area contributed by atoms with Crippen LogP contribution in [-0.4, -0.2) is 34.2 Å². The molecule has 0 heterocycles. The molecule has 2 saturated carbocycles. The van der Waals surface area contributed by atoms with Gasteiger partial charge in [0.15, 0.2) is 0 Å². The van der Waals surface area contributed by atoms with Crippen molar-refractivity contribution in [2.75, 3.05) is 6.54 Å². The molecule has 0 radical (unpaired) electrons. The van der Waals surface area contributed by atoms with Crippen molar-refractivity contribution in [3.63, 3.8) is 0 Å². The third kappa shape index (κ3) is 6.25. The third-order valence-corrected chi connectivity index (χ3v) is 6.45. The van der Waals surface area contributed by atoms with Gasteiger partial charge < -0.3 is 15.2 Å². The average Bonchev–Trinajstić information content (AvgIpc) is 2.49. The summed E-state index contributed by atoms with van der Waals surface area (Å²) < 4.78 is 12.7. The molecule has 2 aliphatic carbocycles. The average molecular weight is 300 g/mol. The van der Waals surface area contributed by atoms with E-state index in [2.05, 4.69) is 0 Å². The second-order valence-electron chi connectivity index (χ2n) is 6.51. The molecule has 0 atom stereocenters. The summed E-state index contributed by atoms with van der Waals surface area (Å²) in [4.78, 5) is 0. The number of nitrogens with two attached hydrogens (primary N) is 1. The first-order valence-corrected chi connectivity index (χ1v) is 10.7. The minimum atomic E-state index is -0.300. The van der Waals surface area contributed by atoms with E-state index in [0.29, 0.717) is 12.2 Å². The van der Waals surface area contributed by atoms with E-state index in [1.807, 2.05) is 0 Å². The minimum Gasteiger partial charge on any atom is -0.354 e. The standard InChI is InChI=1S/C16H33NO2Si/c17-12-7-13-20-16(18-14-8-3-1-4-9-14)19-15-10-5-2-6-11-15/h14-16H,1-13,17,20H2. The number of ether oxygens (including phenoxy) is 2. The van der Waals surface area contributed by atoms with E-state index in [1.165, 1.54) is 70.3 Å². The van der Waals surface area contributed by atoms with Gasteiger partial charge in [0.1, 0.15) is 5.91 Å². The molecule has 118 valence electrons. The fourth-order valence-corrected chi connectivity index (χ4v) is 5.18. The lowest BCUT2D eigenvalue weighted by Gasteiger charge is -2.32. The van der Waals surface area contributed by atoms with Crippen molar-refractivity contribution in [1.82, 2.24) is 0 Å². The van der Waals surface area contributed by atoms with Crippen LogP contribution in [0.1, 0.15) is 70.6 Å². The Morgan fingerprint density at radius 3 is 1.80 bits per heavy atom. The molecule has 0 aromatic carbocycles. The molecule has 0 amide bonds. The van der Waals surface area contributed by atoms with Crippen LogP contribution in [0, 0.1) is 0 Å². The van der Waals surface area contributed by atoms with Crippen molar-refractivity contribution in [2.45, 2.75) is 94.8 Å². The first-order valence-electron chi connectivity index (χ1n) is 8.89. The summed E-state index contributed by atoms with van der Waals surface area (Å²) in [5.41, 5.74) is 5.62. The molecule has 2 rings (SSSR count). The van der Waals surface area contributed by atoms with E-state index in [-0.39, 0.29) is 15.4 Å². The molecule has 0 aromatic rings. The summed E-state index contributed by atoms with van der Waals surface area (Å²) in [5, 5.41) is 0. The van der Waals surface area contributed by atoms with Gasteiger partial charge in [0, 0.05) is 0 Å². The molecule has 2 fully saturated rings. The Morgan fingerprint density at radius 1 is 0.850 bits per heavy atom. The van der Waals surface area contributed by atoms with Crippen molar-refractivity contribution in [2.24, 2.45) is 5.73 Å². The number of hydrogen-bond acceptors (Lipinski definition) is 3. The minimum absolute atomic E-state index is 0.160. The summed E-state index contributed by atoms with van der Waals surface area (Å²) in [7, 11) is -0.300. The SMILES string of the molecule is NCCC[SiH2]C(OC1CCCCC1)OC1CCCCC1. The van der Waals surface area contributed by atoms with Crippen LogP contribution in [0.2, 0.25) is 6.04 Å². The zero-order valence-electron chi connectivity index (χ0n) is 13.0. The Labute approximate surface area is 126 Å². The van der Waals surface area contributed by atoms with Gasteiger partial charge in [-0.3, -0.25) is 0 Å². The summed E-state index contributed by atoms with van der Waals surface area (Å²) >= 11 is 0. The Hall–Kier alpha value is 0.0969. The lowest BCUT2D eigenvalue weighted by molar-refractivity contribution is -0.161. The van der Waals surface area contributed by atoms with Crippen LogP contribution >= 0.6 is 0 Å². The molecule has 0 unspecified atom stereocenters. The van der Waals surface area contributed by atoms with E-state index >= 15 is 0 Å². The maximum absolute atomic E-state index is 6.34. The van der Waals surface area contributed by atoms with Crippen molar-refractivity contribution in [1.29, 1.82) is 0 Å². The molecule has 4 heteroatoms. The fourth-order valence-electron chi connectivity index (χ4n) is 3.46. The Morgan fingerprint density at radius 2 is 1.35 bits per heavy atom. The highest BCUT2D eigenvalue weighted by Crippen LogP contribution is 2.25. The topological polar surface area (TPSA) is 44.5 Å².